The van der Waals surface area contributed by atoms with E-state index in [9.17, 15) is 9.90 Å². The Labute approximate surface area is 198 Å². The second-order valence-electron chi connectivity index (χ2n) is 8.99. The molecule has 0 spiro atoms. The number of rotatable bonds is 13. The minimum atomic E-state index is -0.464. The van der Waals surface area contributed by atoms with Gasteiger partial charge in [-0.3, -0.25) is 0 Å². The summed E-state index contributed by atoms with van der Waals surface area (Å²) in [6, 6.07) is 0. The average Bonchev–Trinajstić information content (AvgIpc) is 3.29. The second-order valence-corrected chi connectivity index (χ2v) is 8.99. The minimum Gasteiger partial charge on any atom is -0.504 e. The lowest BCUT2D eigenvalue weighted by Gasteiger charge is -2.14. The van der Waals surface area contributed by atoms with Gasteiger partial charge in [-0.1, -0.05) is 30.2 Å². The number of ether oxygens (including phenoxy) is 4. The average molecular weight is 461 g/mol. The van der Waals surface area contributed by atoms with Crippen LogP contribution in [-0.2, 0) is 23.7 Å². The van der Waals surface area contributed by atoms with E-state index in [1.807, 2.05) is 12.2 Å². The largest absolute Gasteiger partial charge is 0.504 e. The van der Waals surface area contributed by atoms with E-state index in [1.54, 1.807) is 21.1 Å². The second kappa shape index (κ2) is 13.5. The summed E-state index contributed by atoms with van der Waals surface area (Å²) < 4.78 is 21.3. The van der Waals surface area contributed by atoms with Gasteiger partial charge < -0.3 is 24.1 Å². The molecule has 0 aromatic carbocycles. The molecule has 2 aliphatic heterocycles. The Hall–Kier alpha value is -2.15. The molecule has 0 aromatic rings. The van der Waals surface area contributed by atoms with Crippen molar-refractivity contribution in [3.63, 3.8) is 0 Å². The van der Waals surface area contributed by atoms with Crippen molar-refractivity contribution in [2.45, 2.75) is 85.2 Å². The van der Waals surface area contributed by atoms with Crippen LogP contribution in [0.15, 0.2) is 58.1 Å². The van der Waals surface area contributed by atoms with Crippen LogP contribution in [0, 0.1) is 5.92 Å². The zero-order chi connectivity index (χ0) is 24.4. The summed E-state index contributed by atoms with van der Waals surface area (Å²) in [5.74, 6) is 0.00362. The predicted octanol–water partition coefficient (Wildman–Crippen LogP) is 6.42. The maximum absolute atomic E-state index is 11.5. The van der Waals surface area contributed by atoms with Crippen LogP contribution in [-0.4, -0.2) is 37.9 Å². The van der Waals surface area contributed by atoms with Crippen LogP contribution < -0.4 is 0 Å². The Morgan fingerprint density at radius 3 is 2.48 bits per heavy atom. The molecule has 0 saturated heterocycles. The predicted molar refractivity (Wildman–Crippen MR) is 129 cm³/mol. The van der Waals surface area contributed by atoms with Crippen LogP contribution in [0.2, 0.25) is 0 Å². The van der Waals surface area contributed by atoms with E-state index < -0.39 is 5.97 Å². The lowest BCUT2D eigenvalue weighted by Crippen LogP contribution is -2.17. The van der Waals surface area contributed by atoms with Gasteiger partial charge in [0.2, 0.25) is 0 Å². The van der Waals surface area contributed by atoms with Crippen molar-refractivity contribution >= 4 is 5.97 Å². The van der Waals surface area contributed by atoms with Gasteiger partial charge in [-0.15, -0.1) is 0 Å². The van der Waals surface area contributed by atoms with Gasteiger partial charge in [0, 0.05) is 14.2 Å². The van der Waals surface area contributed by atoms with Crippen molar-refractivity contribution in [3.05, 3.63) is 58.1 Å². The maximum atomic E-state index is 11.5. The van der Waals surface area contributed by atoms with Crippen LogP contribution in [0.5, 0.6) is 0 Å². The van der Waals surface area contributed by atoms with Gasteiger partial charge in [0.05, 0.1) is 5.57 Å². The first kappa shape index (κ1) is 27.1. The van der Waals surface area contributed by atoms with Crippen molar-refractivity contribution < 1.29 is 28.8 Å². The molecule has 2 heterocycles. The van der Waals surface area contributed by atoms with Crippen LogP contribution in [0.25, 0.3) is 0 Å². The number of aliphatic hydroxyl groups excluding tert-OH is 1. The molecule has 2 aliphatic rings. The molecule has 0 radical (unpaired) electrons. The summed E-state index contributed by atoms with van der Waals surface area (Å²) in [6.45, 7) is 8.00. The molecular weight excluding hydrogens is 420 g/mol. The number of methoxy groups -OCH3 is 2. The fourth-order valence-electron chi connectivity index (χ4n) is 3.91. The van der Waals surface area contributed by atoms with E-state index in [4.69, 9.17) is 18.9 Å². The third kappa shape index (κ3) is 8.61. The Morgan fingerprint density at radius 1 is 1.15 bits per heavy atom. The van der Waals surface area contributed by atoms with Gasteiger partial charge in [-0.2, -0.15) is 0 Å². The third-order valence-electron chi connectivity index (χ3n) is 6.07. The Bertz CT molecular complexity index is 830. The molecule has 0 saturated carbocycles. The van der Waals surface area contributed by atoms with Gasteiger partial charge in [-0.05, 0) is 89.4 Å². The molecule has 6 heteroatoms. The molecule has 0 aliphatic carbocycles. The summed E-state index contributed by atoms with van der Waals surface area (Å²) in [4.78, 5) is 11.5. The summed E-state index contributed by atoms with van der Waals surface area (Å²) in [5, 5.41) is 9.91. The lowest BCUT2D eigenvalue weighted by molar-refractivity contribution is -0.177. The minimum absolute atomic E-state index is 0.0354. The van der Waals surface area contributed by atoms with E-state index in [1.165, 1.54) is 11.1 Å². The Kier molecular flexibility index (Phi) is 11.1. The van der Waals surface area contributed by atoms with Crippen molar-refractivity contribution in [1.29, 1.82) is 0 Å². The van der Waals surface area contributed by atoms with Gasteiger partial charge >= 0.3 is 5.97 Å². The lowest BCUT2D eigenvalue weighted by atomic mass is 10.0. The topological polar surface area (TPSA) is 74.2 Å². The number of esters is 1. The molecule has 0 amide bonds. The van der Waals surface area contributed by atoms with Crippen LogP contribution in [0.3, 0.4) is 0 Å². The van der Waals surface area contributed by atoms with Gasteiger partial charge in [0.15, 0.2) is 24.1 Å². The highest BCUT2D eigenvalue weighted by atomic mass is 16.8. The molecule has 0 bridgehead atoms. The van der Waals surface area contributed by atoms with Crippen LogP contribution >= 0.6 is 0 Å². The fraction of sp³-hybridized carbons (Fsp3) is 0.593. The third-order valence-corrected chi connectivity index (χ3v) is 6.07. The SMILES string of the molecule is CO[C@@H]1C=C(CCC/C(C)=C\CC/C(C)=C\CC[C@@H](C)/C=C2\OC(=O)C(C)=C2O)[C@H](OC)O1. The number of allylic oxidation sites excluding steroid dienone is 5. The van der Waals surface area contributed by atoms with E-state index in [0.29, 0.717) is 5.76 Å². The molecule has 0 unspecified atom stereocenters. The van der Waals surface area contributed by atoms with E-state index in [0.717, 1.165) is 50.5 Å². The summed E-state index contributed by atoms with van der Waals surface area (Å²) in [5.41, 5.74) is 4.23. The number of aliphatic hydroxyl groups is 1. The quantitative estimate of drug-likeness (QED) is 0.252. The maximum Gasteiger partial charge on any atom is 0.343 e. The van der Waals surface area contributed by atoms with Crippen molar-refractivity contribution in [1.82, 2.24) is 0 Å². The highest BCUT2D eigenvalue weighted by Gasteiger charge is 2.27. The van der Waals surface area contributed by atoms with Gasteiger partial charge in [0.25, 0.3) is 0 Å². The van der Waals surface area contributed by atoms with E-state index >= 15 is 0 Å². The first-order valence-corrected chi connectivity index (χ1v) is 11.8. The van der Waals surface area contributed by atoms with Crippen molar-refractivity contribution in [2.75, 3.05) is 14.2 Å². The number of carbonyl (C=O) groups excluding carboxylic acids is 1. The normalized spacial score (nSPS) is 24.0. The molecule has 0 fully saturated rings. The van der Waals surface area contributed by atoms with Crippen molar-refractivity contribution in [2.24, 2.45) is 5.92 Å². The van der Waals surface area contributed by atoms with E-state index in [2.05, 4.69) is 32.9 Å². The Balaban J connectivity index is 1.66. The fourth-order valence-corrected chi connectivity index (χ4v) is 3.91. The molecule has 184 valence electrons. The molecular formula is C27H40O6. The number of hydrogen-bond acceptors (Lipinski definition) is 6. The zero-order valence-corrected chi connectivity index (χ0v) is 21.0. The standard InChI is InChI=1S/C27H40O6/c1-18(12-8-14-20(3)16-23-25(28)21(4)26(29)32-23)10-7-11-19(2)13-9-15-22-17-24(30-5)33-27(22)31-6/h11-12,16-17,20,24,27-28H,7-10,13-15H2,1-6H3/b18-12-,19-11-,23-16-/t20-,24+,27-/m1/s1. The first-order chi connectivity index (χ1) is 15.7. The molecule has 0 aromatic heterocycles. The summed E-state index contributed by atoms with van der Waals surface area (Å²) in [7, 11) is 3.29. The zero-order valence-electron chi connectivity index (χ0n) is 21.0. The summed E-state index contributed by atoms with van der Waals surface area (Å²) >= 11 is 0. The summed E-state index contributed by atoms with van der Waals surface area (Å²) in [6.07, 6.45) is 14.9. The van der Waals surface area contributed by atoms with Gasteiger partial charge in [-0.25, -0.2) is 4.79 Å². The Morgan fingerprint density at radius 2 is 1.85 bits per heavy atom. The smallest absolute Gasteiger partial charge is 0.343 e. The molecule has 6 nitrogen and oxygen atoms in total. The number of cyclic esters (lactones) is 1. The number of hydrogen-bond donors (Lipinski definition) is 1. The monoisotopic (exact) mass is 460 g/mol. The number of carbonyl (C=O) groups is 1. The van der Waals surface area contributed by atoms with E-state index in [-0.39, 0.29) is 29.8 Å². The highest BCUT2D eigenvalue weighted by molar-refractivity contribution is 5.93. The molecule has 3 atom stereocenters. The van der Waals surface area contributed by atoms with Crippen LogP contribution in [0.1, 0.15) is 72.6 Å². The van der Waals surface area contributed by atoms with Gasteiger partial charge in [0.1, 0.15) is 0 Å². The molecule has 2 rings (SSSR count). The molecule has 33 heavy (non-hydrogen) atoms. The van der Waals surface area contributed by atoms with Crippen LogP contribution in [0.4, 0.5) is 0 Å². The molecule has 1 N–H and O–H groups in total. The van der Waals surface area contributed by atoms with Crippen molar-refractivity contribution in [3.8, 4) is 0 Å². The highest BCUT2D eigenvalue weighted by Crippen LogP contribution is 2.27. The first-order valence-electron chi connectivity index (χ1n) is 11.8.